The number of nitrogens with zero attached hydrogens (tertiary/aromatic N) is 2. The normalized spacial score (nSPS) is 15.9. The molecule has 2 aromatic heterocycles. The molecule has 6 heteroatoms. The van der Waals surface area contributed by atoms with Crippen LogP contribution in [0.3, 0.4) is 0 Å². The first kappa shape index (κ1) is 14.9. The van der Waals surface area contributed by atoms with E-state index >= 15 is 0 Å². The predicted molar refractivity (Wildman–Crippen MR) is 97.4 cm³/mol. The maximum absolute atomic E-state index is 6.19. The highest BCUT2D eigenvalue weighted by molar-refractivity contribution is 7.18. The second kappa shape index (κ2) is 6.43. The summed E-state index contributed by atoms with van der Waals surface area (Å²) in [5, 5.41) is 9.38. The van der Waals surface area contributed by atoms with E-state index in [0.717, 1.165) is 53.1 Å². The van der Waals surface area contributed by atoms with E-state index in [2.05, 4.69) is 38.1 Å². The number of rotatable bonds is 3. The van der Waals surface area contributed by atoms with E-state index in [0.29, 0.717) is 11.3 Å². The van der Waals surface area contributed by atoms with Crippen molar-refractivity contribution >= 4 is 39.0 Å². The Labute approximate surface area is 143 Å². The molecule has 0 amide bonds. The van der Waals surface area contributed by atoms with Crippen LogP contribution in [0.4, 0.5) is 5.82 Å². The molecule has 118 valence electrons. The standard InChI is InChI=1S/C17H17ClN4S/c18-17-21-14-13(11-4-2-1-3-5-11)10-23-15(14)16(22-17)20-12-6-8-19-9-7-12/h1-5,10,12,19H,6-9H2,(H,20,21,22). The number of benzene rings is 1. The average Bonchev–Trinajstić information content (AvgIpc) is 3.00. The van der Waals surface area contributed by atoms with E-state index in [1.165, 1.54) is 0 Å². The van der Waals surface area contributed by atoms with Crippen molar-refractivity contribution in [3.05, 3.63) is 41.0 Å². The zero-order valence-corrected chi connectivity index (χ0v) is 14.1. The Morgan fingerprint density at radius 1 is 1.13 bits per heavy atom. The zero-order chi connectivity index (χ0) is 15.6. The van der Waals surface area contributed by atoms with Gasteiger partial charge in [-0.1, -0.05) is 30.3 Å². The Balaban J connectivity index is 1.75. The van der Waals surface area contributed by atoms with Gasteiger partial charge in [-0.3, -0.25) is 0 Å². The molecule has 0 radical (unpaired) electrons. The molecule has 0 spiro atoms. The van der Waals surface area contributed by atoms with Gasteiger partial charge in [-0.2, -0.15) is 4.98 Å². The molecule has 0 aliphatic carbocycles. The first-order valence-electron chi connectivity index (χ1n) is 7.78. The van der Waals surface area contributed by atoms with Crippen LogP contribution < -0.4 is 10.6 Å². The third-order valence-corrected chi connectivity index (χ3v) is 5.30. The van der Waals surface area contributed by atoms with Crippen LogP contribution in [0.25, 0.3) is 21.3 Å². The van der Waals surface area contributed by atoms with Gasteiger partial charge in [-0.15, -0.1) is 11.3 Å². The van der Waals surface area contributed by atoms with Gasteiger partial charge >= 0.3 is 0 Å². The predicted octanol–water partition coefficient (Wildman–Crippen LogP) is 4.18. The smallest absolute Gasteiger partial charge is 0.224 e. The first-order chi connectivity index (χ1) is 11.3. The van der Waals surface area contributed by atoms with Crippen molar-refractivity contribution in [1.82, 2.24) is 15.3 Å². The Kier molecular flexibility index (Phi) is 4.16. The molecule has 0 saturated carbocycles. The molecule has 4 nitrogen and oxygen atoms in total. The molecule has 2 N–H and O–H groups in total. The molecule has 1 fully saturated rings. The summed E-state index contributed by atoms with van der Waals surface area (Å²) in [4.78, 5) is 8.91. The van der Waals surface area contributed by atoms with Crippen molar-refractivity contribution in [3.63, 3.8) is 0 Å². The number of thiophene rings is 1. The van der Waals surface area contributed by atoms with Crippen LogP contribution in [-0.4, -0.2) is 29.1 Å². The van der Waals surface area contributed by atoms with Crippen LogP contribution in [0.5, 0.6) is 0 Å². The number of hydrogen-bond acceptors (Lipinski definition) is 5. The fraction of sp³-hybridized carbons (Fsp3) is 0.294. The molecule has 1 saturated heterocycles. The van der Waals surface area contributed by atoms with Crippen LogP contribution in [0.15, 0.2) is 35.7 Å². The van der Waals surface area contributed by atoms with Gasteiger partial charge in [-0.25, -0.2) is 4.98 Å². The average molecular weight is 345 g/mol. The van der Waals surface area contributed by atoms with Gasteiger partial charge in [0, 0.05) is 17.0 Å². The summed E-state index contributed by atoms with van der Waals surface area (Å²) in [6.45, 7) is 2.08. The van der Waals surface area contributed by atoms with Gasteiger partial charge in [-0.05, 0) is 43.1 Å². The second-order valence-electron chi connectivity index (χ2n) is 5.70. The van der Waals surface area contributed by atoms with Gasteiger partial charge in [0.05, 0.1) is 10.2 Å². The van der Waals surface area contributed by atoms with Crippen molar-refractivity contribution in [2.75, 3.05) is 18.4 Å². The van der Waals surface area contributed by atoms with Crippen LogP contribution in [-0.2, 0) is 0 Å². The largest absolute Gasteiger partial charge is 0.366 e. The minimum absolute atomic E-state index is 0.296. The molecule has 23 heavy (non-hydrogen) atoms. The highest BCUT2D eigenvalue weighted by Gasteiger charge is 2.18. The summed E-state index contributed by atoms with van der Waals surface area (Å²) in [7, 11) is 0. The monoisotopic (exact) mass is 344 g/mol. The lowest BCUT2D eigenvalue weighted by Gasteiger charge is -2.24. The lowest BCUT2D eigenvalue weighted by Crippen LogP contribution is -2.35. The zero-order valence-electron chi connectivity index (χ0n) is 12.6. The fourth-order valence-electron chi connectivity index (χ4n) is 2.97. The first-order valence-corrected chi connectivity index (χ1v) is 9.04. The number of anilines is 1. The lowest BCUT2D eigenvalue weighted by atomic mass is 10.1. The van der Waals surface area contributed by atoms with Crippen LogP contribution in [0.1, 0.15) is 12.8 Å². The summed E-state index contributed by atoms with van der Waals surface area (Å²) in [6, 6.07) is 10.7. The molecule has 0 unspecified atom stereocenters. The maximum Gasteiger partial charge on any atom is 0.224 e. The summed E-state index contributed by atoms with van der Waals surface area (Å²) < 4.78 is 1.08. The van der Waals surface area contributed by atoms with E-state index in [1.807, 2.05) is 18.2 Å². The van der Waals surface area contributed by atoms with E-state index in [4.69, 9.17) is 11.6 Å². The molecule has 0 atom stereocenters. The molecule has 1 aromatic carbocycles. The Bertz CT molecular complexity index is 812. The third-order valence-electron chi connectivity index (χ3n) is 4.15. The number of aromatic nitrogens is 2. The minimum atomic E-state index is 0.296. The number of piperidine rings is 1. The lowest BCUT2D eigenvalue weighted by molar-refractivity contribution is 0.478. The summed E-state index contributed by atoms with van der Waals surface area (Å²) in [5.41, 5.74) is 3.20. The van der Waals surface area contributed by atoms with Gasteiger partial charge in [0.15, 0.2) is 0 Å². The Morgan fingerprint density at radius 3 is 2.70 bits per heavy atom. The van der Waals surface area contributed by atoms with E-state index in [-0.39, 0.29) is 0 Å². The molecule has 3 heterocycles. The molecule has 0 bridgehead atoms. The van der Waals surface area contributed by atoms with Crippen molar-refractivity contribution in [2.45, 2.75) is 18.9 Å². The summed E-state index contributed by atoms with van der Waals surface area (Å²) in [6.07, 6.45) is 2.19. The van der Waals surface area contributed by atoms with Gasteiger partial charge in [0.25, 0.3) is 0 Å². The van der Waals surface area contributed by atoms with Crippen molar-refractivity contribution in [2.24, 2.45) is 0 Å². The SMILES string of the molecule is Clc1nc(NC2CCNCC2)c2scc(-c3ccccc3)c2n1. The molecule has 4 rings (SSSR count). The molecule has 1 aliphatic rings. The quantitative estimate of drug-likeness (QED) is 0.700. The number of nitrogens with one attached hydrogen (secondary N) is 2. The van der Waals surface area contributed by atoms with E-state index in [9.17, 15) is 0 Å². The van der Waals surface area contributed by atoms with Crippen molar-refractivity contribution < 1.29 is 0 Å². The minimum Gasteiger partial charge on any atom is -0.366 e. The Morgan fingerprint density at radius 2 is 1.91 bits per heavy atom. The van der Waals surface area contributed by atoms with Gasteiger partial charge in [0.1, 0.15) is 5.82 Å². The highest BCUT2D eigenvalue weighted by atomic mass is 35.5. The summed E-state index contributed by atoms with van der Waals surface area (Å²) >= 11 is 7.86. The molecular weight excluding hydrogens is 328 g/mol. The topological polar surface area (TPSA) is 49.8 Å². The molecule has 1 aliphatic heterocycles. The van der Waals surface area contributed by atoms with Crippen LogP contribution in [0, 0.1) is 0 Å². The van der Waals surface area contributed by atoms with Crippen molar-refractivity contribution in [3.8, 4) is 11.1 Å². The Hall–Kier alpha value is -1.69. The fourth-order valence-corrected chi connectivity index (χ4v) is 4.11. The van der Waals surface area contributed by atoms with E-state index in [1.54, 1.807) is 11.3 Å². The van der Waals surface area contributed by atoms with Crippen molar-refractivity contribution in [1.29, 1.82) is 0 Å². The maximum atomic E-state index is 6.19. The summed E-state index contributed by atoms with van der Waals surface area (Å²) in [5.74, 6) is 0.860. The van der Waals surface area contributed by atoms with E-state index < -0.39 is 0 Å². The van der Waals surface area contributed by atoms with Gasteiger partial charge in [0.2, 0.25) is 5.28 Å². The number of halogens is 1. The molecule has 3 aromatic rings. The number of hydrogen-bond donors (Lipinski definition) is 2. The third kappa shape index (κ3) is 3.04. The second-order valence-corrected chi connectivity index (χ2v) is 6.92. The van der Waals surface area contributed by atoms with Crippen LogP contribution >= 0.6 is 22.9 Å². The number of fused-ring (bicyclic) bond motifs is 1. The van der Waals surface area contributed by atoms with Gasteiger partial charge < -0.3 is 10.6 Å². The highest BCUT2D eigenvalue weighted by Crippen LogP contribution is 2.37. The van der Waals surface area contributed by atoms with Crippen LogP contribution in [0.2, 0.25) is 5.28 Å². The molecular formula is C17H17ClN4S.